The summed E-state index contributed by atoms with van der Waals surface area (Å²) in [5, 5.41) is 0. The highest BCUT2D eigenvalue weighted by Crippen LogP contribution is 2.24. The molecule has 1 fully saturated rings. The van der Waals surface area contributed by atoms with E-state index in [1.54, 1.807) is 0 Å². The molecule has 1 heterocycles. The monoisotopic (exact) mass is 206 g/mol. The van der Waals surface area contributed by atoms with E-state index in [1.165, 1.54) is 0 Å². The van der Waals surface area contributed by atoms with Crippen LogP contribution in [0.5, 0.6) is 0 Å². The molecule has 1 unspecified atom stereocenters. The molecule has 0 amide bonds. The molecule has 82 valence electrons. The quantitative estimate of drug-likeness (QED) is 0.757. The molecule has 0 aliphatic heterocycles. The Kier molecular flexibility index (Phi) is 3.19. The third kappa shape index (κ3) is 2.28. The van der Waals surface area contributed by atoms with E-state index in [0.29, 0.717) is 5.78 Å². The van der Waals surface area contributed by atoms with E-state index in [4.69, 9.17) is 0 Å². The Morgan fingerprint density at radius 2 is 2.47 bits per heavy atom. The number of carbonyl (C=O) groups excluding carboxylic acids is 1. The van der Waals surface area contributed by atoms with Gasteiger partial charge in [0.15, 0.2) is 0 Å². The summed E-state index contributed by atoms with van der Waals surface area (Å²) in [6.07, 6.45) is 8.70. The van der Waals surface area contributed by atoms with Crippen molar-refractivity contribution in [3.05, 3.63) is 18.2 Å². The molecule has 1 aromatic rings. The lowest BCUT2D eigenvalue weighted by molar-refractivity contribution is -0.120. The Hall–Kier alpha value is -1.12. The molecule has 2 rings (SSSR count). The standard InChI is InChI=1S/C12H18N2O/c1-2-7-14-8-6-13-12(14)9-10-4-3-5-11(10)15/h6,8,10H,2-5,7,9H2,1H3. The van der Waals surface area contributed by atoms with Crippen molar-refractivity contribution >= 4 is 5.78 Å². The first-order valence-electron chi connectivity index (χ1n) is 5.84. The molecule has 0 bridgehead atoms. The zero-order valence-electron chi connectivity index (χ0n) is 9.28. The Morgan fingerprint density at radius 3 is 3.13 bits per heavy atom. The Morgan fingerprint density at radius 1 is 1.60 bits per heavy atom. The van der Waals surface area contributed by atoms with Gasteiger partial charge < -0.3 is 4.57 Å². The van der Waals surface area contributed by atoms with Crippen LogP contribution in [0.15, 0.2) is 12.4 Å². The average Bonchev–Trinajstić information content (AvgIpc) is 2.80. The fraction of sp³-hybridized carbons (Fsp3) is 0.667. The lowest BCUT2D eigenvalue weighted by Gasteiger charge is -2.09. The van der Waals surface area contributed by atoms with E-state index in [9.17, 15) is 4.79 Å². The summed E-state index contributed by atoms with van der Waals surface area (Å²) in [5.41, 5.74) is 0. The molecule has 15 heavy (non-hydrogen) atoms. The van der Waals surface area contributed by atoms with Crippen LogP contribution in [0.1, 0.15) is 38.4 Å². The number of rotatable bonds is 4. The normalized spacial score (nSPS) is 21.1. The minimum atomic E-state index is 0.239. The molecule has 0 saturated heterocycles. The summed E-state index contributed by atoms with van der Waals surface area (Å²) >= 11 is 0. The lowest BCUT2D eigenvalue weighted by atomic mass is 10.0. The zero-order valence-corrected chi connectivity index (χ0v) is 9.28. The van der Waals surface area contributed by atoms with Crippen molar-refractivity contribution in [3.63, 3.8) is 0 Å². The largest absolute Gasteiger partial charge is 0.335 e. The summed E-state index contributed by atoms with van der Waals surface area (Å²) in [6.45, 7) is 3.17. The summed E-state index contributed by atoms with van der Waals surface area (Å²) in [7, 11) is 0. The number of imidazole rings is 1. The Labute approximate surface area is 90.5 Å². The maximum Gasteiger partial charge on any atom is 0.136 e. The second-order valence-electron chi connectivity index (χ2n) is 4.30. The van der Waals surface area contributed by atoms with Gasteiger partial charge >= 0.3 is 0 Å². The molecule has 1 aliphatic rings. The van der Waals surface area contributed by atoms with Gasteiger partial charge in [-0.2, -0.15) is 0 Å². The van der Waals surface area contributed by atoms with Crippen molar-refractivity contribution in [2.24, 2.45) is 5.92 Å². The van der Waals surface area contributed by atoms with Crippen LogP contribution in [0.2, 0.25) is 0 Å². The minimum Gasteiger partial charge on any atom is -0.335 e. The van der Waals surface area contributed by atoms with Crippen molar-refractivity contribution in [3.8, 4) is 0 Å². The molecule has 0 radical (unpaired) electrons. The number of Topliss-reactive ketones (excluding diaryl/α,β-unsaturated/α-hetero) is 1. The highest BCUT2D eigenvalue weighted by atomic mass is 16.1. The summed E-state index contributed by atoms with van der Waals surface area (Å²) in [6, 6.07) is 0. The molecule has 3 nitrogen and oxygen atoms in total. The molecule has 0 N–H and O–H groups in total. The second-order valence-corrected chi connectivity index (χ2v) is 4.30. The smallest absolute Gasteiger partial charge is 0.136 e. The molecule has 1 saturated carbocycles. The second kappa shape index (κ2) is 4.60. The van der Waals surface area contributed by atoms with Crippen LogP contribution in [0.25, 0.3) is 0 Å². The van der Waals surface area contributed by atoms with Crippen molar-refractivity contribution in [2.75, 3.05) is 0 Å². The number of ketones is 1. The molecular weight excluding hydrogens is 188 g/mol. The van der Waals surface area contributed by atoms with Gasteiger partial charge in [0.05, 0.1) is 0 Å². The van der Waals surface area contributed by atoms with Crippen molar-refractivity contribution < 1.29 is 4.79 Å². The molecule has 3 heteroatoms. The van der Waals surface area contributed by atoms with Crippen molar-refractivity contribution in [1.29, 1.82) is 0 Å². The fourth-order valence-electron chi connectivity index (χ4n) is 2.30. The third-order valence-corrected chi connectivity index (χ3v) is 3.13. The number of carbonyl (C=O) groups is 1. The van der Waals surface area contributed by atoms with Crippen LogP contribution in [-0.4, -0.2) is 15.3 Å². The van der Waals surface area contributed by atoms with Crippen LogP contribution in [0.4, 0.5) is 0 Å². The minimum absolute atomic E-state index is 0.239. The maximum atomic E-state index is 11.5. The van der Waals surface area contributed by atoms with Gasteiger partial charge in [0.2, 0.25) is 0 Å². The maximum absolute atomic E-state index is 11.5. The Balaban J connectivity index is 2.03. The summed E-state index contributed by atoms with van der Waals surface area (Å²) < 4.78 is 2.17. The zero-order chi connectivity index (χ0) is 10.7. The van der Waals surface area contributed by atoms with Crippen LogP contribution in [-0.2, 0) is 17.8 Å². The third-order valence-electron chi connectivity index (χ3n) is 3.13. The van der Waals surface area contributed by atoms with Crippen molar-refractivity contribution in [1.82, 2.24) is 9.55 Å². The van der Waals surface area contributed by atoms with E-state index < -0.39 is 0 Å². The predicted octanol–water partition coefficient (Wildman–Crippen LogP) is 2.20. The highest BCUT2D eigenvalue weighted by Gasteiger charge is 2.25. The predicted molar refractivity (Wildman–Crippen MR) is 58.6 cm³/mol. The van der Waals surface area contributed by atoms with Gasteiger partial charge in [0, 0.05) is 37.7 Å². The fourth-order valence-corrected chi connectivity index (χ4v) is 2.30. The summed E-state index contributed by atoms with van der Waals surface area (Å²) in [4.78, 5) is 15.9. The van der Waals surface area contributed by atoms with Crippen LogP contribution < -0.4 is 0 Å². The van der Waals surface area contributed by atoms with Gasteiger partial charge in [-0.1, -0.05) is 6.92 Å². The van der Waals surface area contributed by atoms with E-state index in [1.807, 2.05) is 12.4 Å². The first-order valence-corrected chi connectivity index (χ1v) is 5.84. The van der Waals surface area contributed by atoms with E-state index in [0.717, 1.165) is 44.5 Å². The SMILES string of the molecule is CCCn1ccnc1CC1CCCC1=O. The van der Waals surface area contributed by atoms with Gasteiger partial charge in [-0.15, -0.1) is 0 Å². The van der Waals surface area contributed by atoms with Crippen molar-refractivity contribution in [2.45, 2.75) is 45.6 Å². The first kappa shape index (κ1) is 10.4. The molecular formula is C12H18N2O. The number of hydrogen-bond acceptors (Lipinski definition) is 2. The molecule has 1 atom stereocenters. The molecule has 0 aromatic carbocycles. The van der Waals surface area contributed by atoms with Crippen LogP contribution >= 0.6 is 0 Å². The molecule has 1 aromatic heterocycles. The van der Waals surface area contributed by atoms with Crippen LogP contribution in [0.3, 0.4) is 0 Å². The number of aryl methyl sites for hydroxylation is 1. The average molecular weight is 206 g/mol. The number of hydrogen-bond donors (Lipinski definition) is 0. The van der Waals surface area contributed by atoms with Gasteiger partial charge in [0.1, 0.15) is 11.6 Å². The highest BCUT2D eigenvalue weighted by molar-refractivity contribution is 5.83. The number of aromatic nitrogens is 2. The lowest BCUT2D eigenvalue weighted by Crippen LogP contribution is -2.13. The Bertz CT molecular complexity index is 343. The van der Waals surface area contributed by atoms with E-state index >= 15 is 0 Å². The van der Waals surface area contributed by atoms with Gasteiger partial charge in [-0.3, -0.25) is 4.79 Å². The van der Waals surface area contributed by atoms with E-state index in [-0.39, 0.29) is 5.92 Å². The first-order chi connectivity index (χ1) is 7.31. The van der Waals surface area contributed by atoms with Gasteiger partial charge in [0.25, 0.3) is 0 Å². The van der Waals surface area contributed by atoms with Crippen LogP contribution in [0, 0.1) is 5.92 Å². The van der Waals surface area contributed by atoms with Gasteiger partial charge in [-0.25, -0.2) is 4.98 Å². The molecule has 1 aliphatic carbocycles. The van der Waals surface area contributed by atoms with E-state index in [2.05, 4.69) is 16.5 Å². The number of nitrogens with zero attached hydrogens (tertiary/aromatic N) is 2. The summed E-state index contributed by atoms with van der Waals surface area (Å²) in [5.74, 6) is 1.75. The van der Waals surface area contributed by atoms with Gasteiger partial charge in [-0.05, 0) is 19.3 Å². The molecule has 0 spiro atoms. The topological polar surface area (TPSA) is 34.9 Å².